The van der Waals surface area contributed by atoms with Gasteiger partial charge in [-0.1, -0.05) is 6.07 Å². The number of hydrogen-bond acceptors (Lipinski definition) is 3. The number of aromatic nitrogens is 3. The molecule has 0 saturated heterocycles. The Kier molecular flexibility index (Phi) is 2.01. The molecular weight excluding hydrogens is 220 g/mol. The molecular formula is C11H8N4S. The zero-order valence-electron chi connectivity index (χ0n) is 8.37. The third-order valence-electron chi connectivity index (χ3n) is 2.46. The fourth-order valence-electron chi connectivity index (χ4n) is 1.74. The van der Waals surface area contributed by atoms with Crippen molar-refractivity contribution in [3.63, 3.8) is 0 Å². The second-order valence-corrected chi connectivity index (χ2v) is 4.48. The number of thiophene rings is 1. The van der Waals surface area contributed by atoms with Crippen molar-refractivity contribution in [1.82, 2.24) is 14.2 Å². The van der Waals surface area contributed by atoms with E-state index in [9.17, 15) is 0 Å². The van der Waals surface area contributed by atoms with Gasteiger partial charge in [-0.25, -0.2) is 4.52 Å². The van der Waals surface area contributed by atoms with Gasteiger partial charge in [-0.05, 0) is 11.4 Å². The van der Waals surface area contributed by atoms with Gasteiger partial charge in [0.25, 0.3) is 0 Å². The highest BCUT2D eigenvalue weighted by Crippen LogP contribution is 2.15. The number of nitrogens with zero attached hydrogens (tertiary/aromatic N) is 4. The SMILES string of the molecule is N#Cc1cnn2ccn(Cc3cccs3)c12. The zero-order valence-corrected chi connectivity index (χ0v) is 9.18. The third kappa shape index (κ3) is 1.32. The van der Waals surface area contributed by atoms with E-state index in [0.717, 1.165) is 12.2 Å². The summed E-state index contributed by atoms with van der Waals surface area (Å²) < 4.78 is 3.77. The minimum absolute atomic E-state index is 0.613. The number of hydrogen-bond donors (Lipinski definition) is 0. The minimum Gasteiger partial charge on any atom is -0.325 e. The van der Waals surface area contributed by atoms with E-state index in [2.05, 4.69) is 22.6 Å². The van der Waals surface area contributed by atoms with Crippen LogP contribution < -0.4 is 0 Å². The second kappa shape index (κ2) is 3.51. The van der Waals surface area contributed by atoms with E-state index in [4.69, 9.17) is 5.26 Å². The summed E-state index contributed by atoms with van der Waals surface area (Å²) in [5, 5.41) is 15.1. The summed E-state index contributed by atoms with van der Waals surface area (Å²) in [6.07, 6.45) is 5.41. The summed E-state index contributed by atoms with van der Waals surface area (Å²) in [4.78, 5) is 1.27. The van der Waals surface area contributed by atoms with Gasteiger partial charge in [-0.2, -0.15) is 10.4 Å². The average Bonchev–Trinajstić information content (AvgIpc) is 2.97. The van der Waals surface area contributed by atoms with E-state index in [0.29, 0.717) is 5.56 Å². The first-order valence-electron chi connectivity index (χ1n) is 4.83. The minimum atomic E-state index is 0.613. The normalized spacial score (nSPS) is 10.7. The molecule has 3 aromatic heterocycles. The van der Waals surface area contributed by atoms with Gasteiger partial charge in [-0.15, -0.1) is 11.3 Å². The van der Waals surface area contributed by atoms with Gasteiger partial charge in [0.1, 0.15) is 11.6 Å². The summed E-state index contributed by atoms with van der Waals surface area (Å²) in [7, 11) is 0. The Morgan fingerprint density at radius 3 is 3.12 bits per heavy atom. The summed E-state index contributed by atoms with van der Waals surface area (Å²) in [6, 6.07) is 6.27. The highest BCUT2D eigenvalue weighted by atomic mass is 32.1. The van der Waals surface area contributed by atoms with Gasteiger partial charge in [0.05, 0.1) is 12.7 Å². The number of imidazole rings is 1. The first-order valence-corrected chi connectivity index (χ1v) is 5.71. The van der Waals surface area contributed by atoms with Crippen molar-refractivity contribution in [2.24, 2.45) is 0 Å². The van der Waals surface area contributed by atoms with Crippen molar-refractivity contribution in [2.75, 3.05) is 0 Å². The lowest BCUT2D eigenvalue weighted by atomic mass is 10.4. The molecule has 0 atom stereocenters. The average molecular weight is 228 g/mol. The van der Waals surface area contributed by atoms with Crippen molar-refractivity contribution in [1.29, 1.82) is 5.26 Å². The Balaban J connectivity index is 2.10. The van der Waals surface area contributed by atoms with Crippen LogP contribution in [0.5, 0.6) is 0 Å². The second-order valence-electron chi connectivity index (χ2n) is 3.44. The fourth-order valence-corrected chi connectivity index (χ4v) is 2.44. The first kappa shape index (κ1) is 9.19. The molecule has 5 heteroatoms. The van der Waals surface area contributed by atoms with Crippen LogP contribution >= 0.6 is 11.3 Å². The van der Waals surface area contributed by atoms with Crippen LogP contribution in [0.3, 0.4) is 0 Å². The highest BCUT2D eigenvalue weighted by molar-refractivity contribution is 7.09. The van der Waals surface area contributed by atoms with E-state index in [1.54, 1.807) is 22.0 Å². The van der Waals surface area contributed by atoms with Crippen LogP contribution in [0.25, 0.3) is 5.65 Å². The molecule has 16 heavy (non-hydrogen) atoms. The van der Waals surface area contributed by atoms with Crippen molar-refractivity contribution in [3.05, 3.63) is 46.5 Å². The molecule has 0 radical (unpaired) electrons. The van der Waals surface area contributed by atoms with Gasteiger partial charge < -0.3 is 4.57 Å². The lowest BCUT2D eigenvalue weighted by Gasteiger charge is -2.00. The molecule has 0 N–H and O–H groups in total. The molecule has 0 saturated carbocycles. The largest absolute Gasteiger partial charge is 0.325 e. The molecule has 3 aromatic rings. The van der Waals surface area contributed by atoms with Gasteiger partial charge >= 0.3 is 0 Å². The van der Waals surface area contributed by atoms with Gasteiger partial charge in [-0.3, -0.25) is 0 Å². The monoisotopic (exact) mass is 228 g/mol. The lowest BCUT2D eigenvalue weighted by Crippen LogP contribution is -1.97. The van der Waals surface area contributed by atoms with E-state index in [1.807, 2.05) is 23.0 Å². The maximum Gasteiger partial charge on any atom is 0.154 e. The van der Waals surface area contributed by atoms with Crippen molar-refractivity contribution >= 4 is 17.0 Å². The summed E-state index contributed by atoms with van der Waals surface area (Å²) in [5.41, 5.74) is 1.47. The summed E-state index contributed by atoms with van der Waals surface area (Å²) in [5.74, 6) is 0. The molecule has 0 spiro atoms. The summed E-state index contributed by atoms with van der Waals surface area (Å²) in [6.45, 7) is 0.786. The smallest absolute Gasteiger partial charge is 0.154 e. The van der Waals surface area contributed by atoms with Gasteiger partial charge in [0.2, 0.25) is 0 Å². The molecule has 0 aliphatic heterocycles. The third-order valence-corrected chi connectivity index (χ3v) is 3.32. The van der Waals surface area contributed by atoms with Gasteiger partial charge in [0.15, 0.2) is 5.65 Å². The Labute approximate surface area is 96.0 Å². The molecule has 0 unspecified atom stereocenters. The van der Waals surface area contributed by atoms with Crippen molar-refractivity contribution < 1.29 is 0 Å². The van der Waals surface area contributed by atoms with Crippen molar-refractivity contribution in [2.45, 2.75) is 6.54 Å². The van der Waals surface area contributed by atoms with Crippen LogP contribution in [0, 0.1) is 11.3 Å². The Morgan fingerprint density at radius 1 is 1.44 bits per heavy atom. The molecule has 0 fully saturated rings. The van der Waals surface area contributed by atoms with Gasteiger partial charge in [0, 0.05) is 17.3 Å². The Hall–Kier alpha value is -2.06. The molecule has 0 aromatic carbocycles. The number of nitriles is 1. The Bertz CT molecular complexity index is 654. The number of rotatable bonds is 2. The van der Waals surface area contributed by atoms with E-state index in [-0.39, 0.29) is 0 Å². The quantitative estimate of drug-likeness (QED) is 0.674. The highest BCUT2D eigenvalue weighted by Gasteiger charge is 2.08. The molecule has 0 bridgehead atoms. The van der Waals surface area contributed by atoms with Crippen LogP contribution in [-0.4, -0.2) is 14.2 Å². The predicted molar refractivity (Wildman–Crippen MR) is 61.3 cm³/mol. The molecule has 78 valence electrons. The lowest BCUT2D eigenvalue weighted by molar-refractivity contribution is 0.837. The van der Waals surface area contributed by atoms with Crippen LogP contribution in [0.2, 0.25) is 0 Å². The zero-order chi connectivity index (χ0) is 11.0. The molecule has 3 heterocycles. The van der Waals surface area contributed by atoms with Crippen LogP contribution in [0.15, 0.2) is 36.1 Å². The molecule has 0 amide bonds. The maximum absolute atomic E-state index is 8.98. The van der Waals surface area contributed by atoms with Crippen molar-refractivity contribution in [3.8, 4) is 6.07 Å². The van der Waals surface area contributed by atoms with E-state index in [1.165, 1.54) is 4.88 Å². The standard InChI is InChI=1S/C11H8N4S/c12-6-9-7-13-15-4-3-14(11(9)15)8-10-2-1-5-16-10/h1-5,7H,8H2. The topological polar surface area (TPSA) is 46.0 Å². The van der Waals surface area contributed by atoms with Crippen LogP contribution in [0.1, 0.15) is 10.4 Å². The predicted octanol–water partition coefficient (Wildman–Crippen LogP) is 2.12. The maximum atomic E-state index is 8.98. The summed E-state index contributed by atoms with van der Waals surface area (Å²) >= 11 is 1.71. The van der Waals surface area contributed by atoms with E-state index < -0.39 is 0 Å². The number of fused-ring (bicyclic) bond motifs is 1. The van der Waals surface area contributed by atoms with E-state index >= 15 is 0 Å². The molecule has 3 rings (SSSR count). The molecule has 0 aliphatic rings. The fraction of sp³-hybridized carbons (Fsp3) is 0.0909. The Morgan fingerprint density at radius 2 is 2.38 bits per heavy atom. The van der Waals surface area contributed by atoms with Crippen LogP contribution in [-0.2, 0) is 6.54 Å². The first-order chi connectivity index (χ1) is 7.88. The molecule has 0 aliphatic carbocycles. The van der Waals surface area contributed by atoms with Crippen LogP contribution in [0.4, 0.5) is 0 Å². The molecule has 4 nitrogen and oxygen atoms in total.